The zero-order chi connectivity index (χ0) is 11.4. The van der Waals surface area contributed by atoms with Crippen molar-refractivity contribution in [1.29, 1.82) is 0 Å². The van der Waals surface area contributed by atoms with Gasteiger partial charge < -0.3 is 15.2 Å². The van der Waals surface area contributed by atoms with E-state index in [0.29, 0.717) is 24.3 Å². The van der Waals surface area contributed by atoms with Crippen LogP contribution < -0.4 is 10.1 Å². The molecule has 0 aromatic carbocycles. The molecule has 2 rings (SSSR count). The van der Waals surface area contributed by atoms with Gasteiger partial charge in [0.05, 0.1) is 13.2 Å². The molecule has 1 saturated carbocycles. The van der Waals surface area contributed by atoms with Gasteiger partial charge in [0.15, 0.2) is 0 Å². The lowest BCUT2D eigenvalue weighted by molar-refractivity contribution is 0.138. The Morgan fingerprint density at radius 1 is 1.56 bits per heavy atom. The summed E-state index contributed by atoms with van der Waals surface area (Å²) >= 11 is 0. The molecule has 88 valence electrons. The maximum Gasteiger partial charge on any atom is 0.225 e. The normalized spacial score (nSPS) is 24.4. The minimum absolute atomic E-state index is 0.182. The van der Waals surface area contributed by atoms with Crippen molar-refractivity contribution in [2.75, 3.05) is 19.0 Å². The van der Waals surface area contributed by atoms with Crippen molar-refractivity contribution in [2.45, 2.75) is 25.4 Å². The molecule has 1 fully saturated rings. The number of hydrogen-bond acceptors (Lipinski definition) is 5. The molecule has 0 spiro atoms. The van der Waals surface area contributed by atoms with Gasteiger partial charge in [-0.25, -0.2) is 4.98 Å². The first-order valence-electron chi connectivity index (χ1n) is 5.58. The van der Waals surface area contributed by atoms with Crippen LogP contribution in [0, 0.1) is 5.92 Å². The molecule has 0 amide bonds. The molecule has 0 bridgehead atoms. The van der Waals surface area contributed by atoms with Gasteiger partial charge >= 0.3 is 0 Å². The summed E-state index contributed by atoms with van der Waals surface area (Å²) in [6.45, 7) is 0.717. The summed E-state index contributed by atoms with van der Waals surface area (Å²) in [4.78, 5) is 8.24. The van der Waals surface area contributed by atoms with Crippen LogP contribution >= 0.6 is 0 Å². The molecular formula is C11H17N3O2. The van der Waals surface area contributed by atoms with Crippen molar-refractivity contribution in [2.24, 2.45) is 5.92 Å². The Morgan fingerprint density at radius 2 is 2.44 bits per heavy atom. The van der Waals surface area contributed by atoms with Crippen LogP contribution in [-0.4, -0.2) is 34.8 Å². The molecule has 2 atom stereocenters. The molecule has 1 heterocycles. The SMILES string of the molecule is COc1ccnc(NCC2CCCC2O)n1. The molecular weight excluding hydrogens is 206 g/mol. The van der Waals surface area contributed by atoms with Crippen LogP contribution in [0.15, 0.2) is 12.3 Å². The van der Waals surface area contributed by atoms with Crippen molar-refractivity contribution in [3.05, 3.63) is 12.3 Å². The summed E-state index contributed by atoms with van der Waals surface area (Å²) < 4.78 is 5.01. The van der Waals surface area contributed by atoms with Crippen molar-refractivity contribution in [3.63, 3.8) is 0 Å². The lowest BCUT2D eigenvalue weighted by atomic mass is 10.1. The summed E-state index contributed by atoms with van der Waals surface area (Å²) in [7, 11) is 1.58. The number of nitrogens with zero attached hydrogens (tertiary/aromatic N) is 2. The van der Waals surface area contributed by atoms with E-state index < -0.39 is 0 Å². The quantitative estimate of drug-likeness (QED) is 0.798. The smallest absolute Gasteiger partial charge is 0.225 e. The molecule has 2 unspecified atom stereocenters. The van der Waals surface area contributed by atoms with E-state index in [-0.39, 0.29) is 6.10 Å². The highest BCUT2D eigenvalue weighted by molar-refractivity contribution is 5.27. The zero-order valence-corrected chi connectivity index (χ0v) is 9.39. The first-order valence-corrected chi connectivity index (χ1v) is 5.58. The van der Waals surface area contributed by atoms with Gasteiger partial charge in [-0.15, -0.1) is 0 Å². The predicted molar refractivity (Wildman–Crippen MR) is 60.4 cm³/mol. The van der Waals surface area contributed by atoms with Gasteiger partial charge in [0.25, 0.3) is 0 Å². The Hall–Kier alpha value is -1.36. The number of rotatable bonds is 4. The highest BCUT2D eigenvalue weighted by atomic mass is 16.5. The maximum absolute atomic E-state index is 9.66. The Kier molecular flexibility index (Phi) is 3.56. The summed E-state index contributed by atoms with van der Waals surface area (Å²) in [6, 6.07) is 1.70. The lowest BCUT2D eigenvalue weighted by Gasteiger charge is -2.14. The van der Waals surface area contributed by atoms with Crippen LogP contribution in [-0.2, 0) is 0 Å². The van der Waals surface area contributed by atoms with Crippen LogP contribution in [0.25, 0.3) is 0 Å². The molecule has 2 N–H and O–H groups in total. The minimum Gasteiger partial charge on any atom is -0.481 e. The third-order valence-corrected chi connectivity index (χ3v) is 2.98. The average molecular weight is 223 g/mol. The fourth-order valence-corrected chi connectivity index (χ4v) is 2.02. The van der Waals surface area contributed by atoms with Gasteiger partial charge in [0, 0.05) is 24.7 Å². The van der Waals surface area contributed by atoms with E-state index in [4.69, 9.17) is 4.74 Å². The number of hydrogen-bond donors (Lipinski definition) is 2. The number of aliphatic hydroxyl groups is 1. The van der Waals surface area contributed by atoms with E-state index >= 15 is 0 Å². The molecule has 5 nitrogen and oxygen atoms in total. The molecule has 1 aromatic heterocycles. The van der Waals surface area contributed by atoms with Crippen molar-refractivity contribution >= 4 is 5.95 Å². The molecule has 16 heavy (non-hydrogen) atoms. The number of methoxy groups -OCH3 is 1. The second kappa shape index (κ2) is 5.12. The summed E-state index contributed by atoms with van der Waals surface area (Å²) in [5, 5.41) is 12.8. The van der Waals surface area contributed by atoms with E-state index in [1.165, 1.54) is 0 Å². The second-order valence-electron chi connectivity index (χ2n) is 4.06. The lowest BCUT2D eigenvalue weighted by Crippen LogP contribution is -2.22. The molecule has 1 aliphatic carbocycles. The summed E-state index contributed by atoms with van der Waals surface area (Å²) in [5.74, 6) is 1.41. The number of ether oxygens (including phenoxy) is 1. The average Bonchev–Trinajstić information content (AvgIpc) is 2.72. The standard InChI is InChI=1S/C11H17N3O2/c1-16-10-5-6-12-11(14-10)13-7-8-3-2-4-9(8)15/h5-6,8-9,15H,2-4,7H2,1H3,(H,12,13,14). The number of aromatic nitrogens is 2. The molecule has 0 radical (unpaired) electrons. The highest BCUT2D eigenvalue weighted by Gasteiger charge is 2.24. The first kappa shape index (κ1) is 11.1. The van der Waals surface area contributed by atoms with Crippen LogP contribution in [0.4, 0.5) is 5.95 Å². The Morgan fingerprint density at radius 3 is 3.12 bits per heavy atom. The zero-order valence-electron chi connectivity index (χ0n) is 9.39. The van der Waals surface area contributed by atoms with Gasteiger partial charge in [-0.1, -0.05) is 6.42 Å². The fraction of sp³-hybridized carbons (Fsp3) is 0.636. The molecule has 5 heteroatoms. The van der Waals surface area contributed by atoms with Crippen LogP contribution in [0.3, 0.4) is 0 Å². The first-order chi connectivity index (χ1) is 7.79. The van der Waals surface area contributed by atoms with Crippen molar-refractivity contribution < 1.29 is 9.84 Å². The van der Waals surface area contributed by atoms with Gasteiger partial charge in [0.2, 0.25) is 11.8 Å². The van der Waals surface area contributed by atoms with Crippen molar-refractivity contribution in [1.82, 2.24) is 9.97 Å². The number of nitrogens with one attached hydrogen (secondary N) is 1. The number of anilines is 1. The van der Waals surface area contributed by atoms with Crippen LogP contribution in [0.5, 0.6) is 5.88 Å². The van der Waals surface area contributed by atoms with E-state index in [1.54, 1.807) is 19.4 Å². The van der Waals surface area contributed by atoms with Gasteiger partial charge in [-0.2, -0.15) is 4.98 Å². The minimum atomic E-state index is -0.182. The molecule has 1 aromatic rings. The Balaban J connectivity index is 1.88. The Labute approximate surface area is 94.9 Å². The van der Waals surface area contributed by atoms with E-state index in [2.05, 4.69) is 15.3 Å². The largest absolute Gasteiger partial charge is 0.481 e. The monoisotopic (exact) mass is 223 g/mol. The van der Waals surface area contributed by atoms with Gasteiger partial charge in [-0.05, 0) is 12.8 Å². The maximum atomic E-state index is 9.66. The third-order valence-electron chi connectivity index (χ3n) is 2.98. The molecule has 0 aliphatic heterocycles. The van der Waals surface area contributed by atoms with Crippen LogP contribution in [0.2, 0.25) is 0 Å². The molecule has 0 saturated heterocycles. The van der Waals surface area contributed by atoms with E-state index in [1.807, 2.05) is 0 Å². The summed E-state index contributed by atoms with van der Waals surface area (Å²) in [6.07, 6.45) is 4.55. The second-order valence-corrected chi connectivity index (χ2v) is 4.06. The predicted octanol–water partition coefficient (Wildman–Crippen LogP) is 1.06. The third kappa shape index (κ3) is 2.61. The summed E-state index contributed by atoms with van der Waals surface area (Å²) in [5.41, 5.74) is 0. The number of aliphatic hydroxyl groups excluding tert-OH is 1. The molecule has 1 aliphatic rings. The Bertz CT molecular complexity index is 346. The van der Waals surface area contributed by atoms with E-state index in [0.717, 1.165) is 19.3 Å². The van der Waals surface area contributed by atoms with E-state index in [9.17, 15) is 5.11 Å². The highest BCUT2D eigenvalue weighted by Crippen LogP contribution is 2.25. The van der Waals surface area contributed by atoms with Crippen molar-refractivity contribution in [3.8, 4) is 5.88 Å². The topological polar surface area (TPSA) is 67.3 Å². The van der Waals surface area contributed by atoms with Gasteiger partial charge in [0.1, 0.15) is 0 Å². The van der Waals surface area contributed by atoms with Gasteiger partial charge in [-0.3, -0.25) is 0 Å². The fourth-order valence-electron chi connectivity index (χ4n) is 2.02. The van der Waals surface area contributed by atoms with Crippen LogP contribution in [0.1, 0.15) is 19.3 Å².